The topological polar surface area (TPSA) is 61.7 Å². The molecule has 0 radical (unpaired) electrons. The fourth-order valence-corrected chi connectivity index (χ4v) is 1.81. The van der Waals surface area contributed by atoms with Crippen molar-refractivity contribution in [2.24, 2.45) is 5.41 Å². The SMILES string of the molecule is COc1ccc(CNCCCC(C)(C)CO)c(O)c1. The highest BCUT2D eigenvalue weighted by atomic mass is 16.5. The van der Waals surface area contributed by atoms with Gasteiger partial charge in [-0.1, -0.05) is 19.9 Å². The number of phenols is 1. The predicted octanol–water partition coefficient (Wildman–Crippen LogP) is 2.29. The second-order valence-electron chi connectivity index (χ2n) is 5.60. The maximum Gasteiger partial charge on any atom is 0.123 e. The predicted molar refractivity (Wildman–Crippen MR) is 76.5 cm³/mol. The van der Waals surface area contributed by atoms with Crippen LogP contribution in [-0.4, -0.2) is 30.5 Å². The molecule has 3 N–H and O–H groups in total. The van der Waals surface area contributed by atoms with Crippen molar-refractivity contribution in [2.75, 3.05) is 20.3 Å². The second kappa shape index (κ2) is 7.36. The van der Waals surface area contributed by atoms with Crippen LogP contribution in [0.1, 0.15) is 32.3 Å². The third-order valence-electron chi connectivity index (χ3n) is 3.24. The number of aliphatic hydroxyl groups is 1. The van der Waals surface area contributed by atoms with Gasteiger partial charge >= 0.3 is 0 Å². The summed E-state index contributed by atoms with van der Waals surface area (Å²) in [5, 5.41) is 22.2. The van der Waals surface area contributed by atoms with Crippen molar-refractivity contribution < 1.29 is 14.9 Å². The molecular weight excluding hydrogens is 242 g/mol. The van der Waals surface area contributed by atoms with Crippen LogP contribution >= 0.6 is 0 Å². The minimum atomic E-state index is -0.00999. The number of hydrogen-bond acceptors (Lipinski definition) is 4. The van der Waals surface area contributed by atoms with Crippen molar-refractivity contribution in [2.45, 2.75) is 33.2 Å². The van der Waals surface area contributed by atoms with E-state index in [1.807, 2.05) is 12.1 Å². The minimum Gasteiger partial charge on any atom is -0.507 e. The van der Waals surface area contributed by atoms with Crippen LogP contribution in [0.2, 0.25) is 0 Å². The second-order valence-corrected chi connectivity index (χ2v) is 5.60. The molecule has 0 amide bonds. The third-order valence-corrected chi connectivity index (χ3v) is 3.24. The lowest BCUT2D eigenvalue weighted by Gasteiger charge is -2.21. The van der Waals surface area contributed by atoms with Crippen LogP contribution in [0.5, 0.6) is 11.5 Å². The monoisotopic (exact) mass is 267 g/mol. The number of nitrogens with one attached hydrogen (secondary N) is 1. The highest BCUT2D eigenvalue weighted by molar-refractivity contribution is 5.39. The van der Waals surface area contributed by atoms with E-state index in [4.69, 9.17) is 9.84 Å². The lowest BCUT2D eigenvalue weighted by Crippen LogP contribution is -2.20. The summed E-state index contributed by atoms with van der Waals surface area (Å²) in [5.41, 5.74) is 0.853. The molecule has 0 saturated heterocycles. The summed E-state index contributed by atoms with van der Waals surface area (Å²) in [6.45, 7) is 5.83. The largest absolute Gasteiger partial charge is 0.507 e. The summed E-state index contributed by atoms with van der Waals surface area (Å²) in [6.07, 6.45) is 1.98. The van der Waals surface area contributed by atoms with E-state index in [0.717, 1.165) is 24.9 Å². The Hall–Kier alpha value is -1.26. The Balaban J connectivity index is 2.30. The molecule has 0 unspecified atom stereocenters. The van der Waals surface area contributed by atoms with Gasteiger partial charge in [0.05, 0.1) is 7.11 Å². The van der Waals surface area contributed by atoms with Gasteiger partial charge in [-0.3, -0.25) is 0 Å². The van der Waals surface area contributed by atoms with Crippen LogP contribution in [-0.2, 0) is 6.54 Å². The van der Waals surface area contributed by atoms with E-state index in [9.17, 15) is 5.11 Å². The average Bonchev–Trinajstić information content (AvgIpc) is 2.39. The van der Waals surface area contributed by atoms with Gasteiger partial charge in [0.2, 0.25) is 0 Å². The number of hydrogen-bond donors (Lipinski definition) is 3. The quantitative estimate of drug-likeness (QED) is 0.632. The molecular formula is C15H25NO3. The number of methoxy groups -OCH3 is 1. The molecule has 1 aromatic rings. The van der Waals surface area contributed by atoms with Crippen molar-refractivity contribution in [3.05, 3.63) is 23.8 Å². The van der Waals surface area contributed by atoms with Crippen LogP contribution < -0.4 is 10.1 Å². The van der Waals surface area contributed by atoms with Crippen LogP contribution in [0, 0.1) is 5.41 Å². The average molecular weight is 267 g/mol. The lowest BCUT2D eigenvalue weighted by atomic mass is 9.89. The zero-order chi connectivity index (χ0) is 14.3. The smallest absolute Gasteiger partial charge is 0.123 e. The minimum absolute atomic E-state index is 0.00999. The maximum absolute atomic E-state index is 9.79. The van der Waals surface area contributed by atoms with E-state index in [-0.39, 0.29) is 17.8 Å². The summed E-state index contributed by atoms with van der Waals surface area (Å²) in [4.78, 5) is 0. The van der Waals surface area contributed by atoms with E-state index >= 15 is 0 Å². The number of phenolic OH excluding ortho intramolecular Hbond substituents is 1. The van der Waals surface area contributed by atoms with Crippen LogP contribution in [0.15, 0.2) is 18.2 Å². The molecule has 0 aliphatic rings. The molecule has 4 nitrogen and oxygen atoms in total. The Morgan fingerprint density at radius 1 is 1.32 bits per heavy atom. The first-order chi connectivity index (χ1) is 8.98. The van der Waals surface area contributed by atoms with Crippen LogP contribution in [0.25, 0.3) is 0 Å². The van der Waals surface area contributed by atoms with Gasteiger partial charge in [-0.15, -0.1) is 0 Å². The number of aliphatic hydroxyl groups excluding tert-OH is 1. The third kappa shape index (κ3) is 5.49. The fraction of sp³-hybridized carbons (Fsp3) is 0.600. The van der Waals surface area contributed by atoms with Crippen molar-refractivity contribution in [1.29, 1.82) is 0 Å². The summed E-state index contributed by atoms with van der Waals surface area (Å²) >= 11 is 0. The molecule has 4 heteroatoms. The highest BCUT2D eigenvalue weighted by Gasteiger charge is 2.15. The normalized spacial score (nSPS) is 11.6. The molecule has 19 heavy (non-hydrogen) atoms. The van der Waals surface area contributed by atoms with Crippen molar-refractivity contribution in [3.8, 4) is 11.5 Å². The Morgan fingerprint density at radius 2 is 2.05 bits per heavy atom. The van der Waals surface area contributed by atoms with Gasteiger partial charge in [0.1, 0.15) is 11.5 Å². The highest BCUT2D eigenvalue weighted by Crippen LogP contribution is 2.23. The van der Waals surface area contributed by atoms with Gasteiger partial charge in [-0.05, 0) is 30.9 Å². The molecule has 108 valence electrons. The maximum atomic E-state index is 9.79. The summed E-state index contributed by atoms with van der Waals surface area (Å²) < 4.78 is 5.04. The Kier molecular flexibility index (Phi) is 6.12. The molecule has 0 spiro atoms. The molecule has 1 aromatic carbocycles. The molecule has 0 atom stereocenters. The molecule has 0 aliphatic heterocycles. The van der Waals surface area contributed by atoms with E-state index in [1.54, 1.807) is 13.2 Å². The van der Waals surface area contributed by atoms with E-state index in [1.165, 1.54) is 0 Å². The van der Waals surface area contributed by atoms with Gasteiger partial charge in [-0.2, -0.15) is 0 Å². The lowest BCUT2D eigenvalue weighted by molar-refractivity contribution is 0.148. The van der Waals surface area contributed by atoms with E-state index in [2.05, 4.69) is 19.2 Å². The Morgan fingerprint density at radius 3 is 2.63 bits per heavy atom. The molecule has 0 aliphatic carbocycles. The van der Waals surface area contributed by atoms with E-state index in [0.29, 0.717) is 12.3 Å². The molecule has 0 fully saturated rings. The van der Waals surface area contributed by atoms with Gasteiger partial charge in [0.25, 0.3) is 0 Å². The van der Waals surface area contributed by atoms with Gasteiger partial charge in [-0.25, -0.2) is 0 Å². The van der Waals surface area contributed by atoms with Gasteiger partial charge in [0, 0.05) is 24.8 Å². The number of rotatable bonds is 8. The molecule has 1 rings (SSSR count). The first-order valence-electron chi connectivity index (χ1n) is 6.66. The number of aromatic hydroxyl groups is 1. The standard InChI is InChI=1S/C15H25NO3/c1-15(2,11-17)7-4-8-16-10-12-5-6-13(19-3)9-14(12)18/h5-6,9,16-18H,4,7-8,10-11H2,1-3H3. The van der Waals surface area contributed by atoms with E-state index < -0.39 is 0 Å². The van der Waals surface area contributed by atoms with Crippen LogP contribution in [0.3, 0.4) is 0 Å². The molecule has 0 bridgehead atoms. The Labute approximate surface area is 115 Å². The summed E-state index contributed by atoms with van der Waals surface area (Å²) in [6, 6.07) is 5.32. The van der Waals surface area contributed by atoms with Gasteiger partial charge < -0.3 is 20.3 Å². The molecule has 0 aromatic heterocycles. The number of ether oxygens (including phenoxy) is 1. The first kappa shape index (κ1) is 15.8. The van der Waals surface area contributed by atoms with Gasteiger partial charge in [0.15, 0.2) is 0 Å². The molecule has 0 heterocycles. The fourth-order valence-electron chi connectivity index (χ4n) is 1.81. The first-order valence-corrected chi connectivity index (χ1v) is 6.66. The molecule has 0 saturated carbocycles. The zero-order valence-corrected chi connectivity index (χ0v) is 12.1. The Bertz CT molecular complexity index is 391. The van der Waals surface area contributed by atoms with Crippen molar-refractivity contribution >= 4 is 0 Å². The zero-order valence-electron chi connectivity index (χ0n) is 12.1. The van der Waals surface area contributed by atoms with Crippen LogP contribution in [0.4, 0.5) is 0 Å². The number of benzene rings is 1. The summed E-state index contributed by atoms with van der Waals surface area (Å²) in [7, 11) is 1.58. The van der Waals surface area contributed by atoms with Crippen molar-refractivity contribution in [3.63, 3.8) is 0 Å². The van der Waals surface area contributed by atoms with Crippen molar-refractivity contribution in [1.82, 2.24) is 5.32 Å². The summed E-state index contributed by atoms with van der Waals surface area (Å²) in [5.74, 6) is 0.911.